The number of fused-ring (bicyclic) bond motifs is 1. The Balaban J connectivity index is 1.97. The molecular weight excluding hydrogens is 338 g/mol. The molecule has 1 amide bonds. The first-order valence-electron chi connectivity index (χ1n) is 8.13. The maximum atomic E-state index is 13.1. The smallest absolute Gasteiger partial charge is 0.259 e. The van der Waals surface area contributed by atoms with Gasteiger partial charge in [0.25, 0.3) is 11.6 Å². The summed E-state index contributed by atoms with van der Waals surface area (Å²) in [5.74, 6) is 0.0958. The lowest BCUT2D eigenvalue weighted by Crippen LogP contribution is -2.26. The second kappa shape index (κ2) is 6.84. The van der Waals surface area contributed by atoms with Gasteiger partial charge in [0.2, 0.25) is 0 Å². The maximum absolute atomic E-state index is 13.1. The minimum absolute atomic E-state index is 0.0875. The summed E-state index contributed by atoms with van der Waals surface area (Å²) in [6.07, 6.45) is 0. The zero-order valence-corrected chi connectivity index (χ0v) is 15.5. The van der Waals surface area contributed by atoms with Gasteiger partial charge in [-0.25, -0.2) is 4.98 Å². The standard InChI is InChI=1S/C19H20ClN3O2/c1-11(2)16-9-15(17-12(3)22-25-18(17)21-16)19(24)23(4)10-13-5-7-14(20)8-6-13/h5-9,11H,10H2,1-4H3. The highest BCUT2D eigenvalue weighted by molar-refractivity contribution is 6.30. The molecule has 0 unspecified atom stereocenters. The van der Waals surface area contributed by atoms with Crippen molar-refractivity contribution in [2.45, 2.75) is 33.2 Å². The quantitative estimate of drug-likeness (QED) is 0.685. The van der Waals surface area contributed by atoms with Crippen LogP contribution >= 0.6 is 11.6 Å². The van der Waals surface area contributed by atoms with Crippen LogP contribution in [-0.2, 0) is 6.54 Å². The molecule has 25 heavy (non-hydrogen) atoms. The first-order chi connectivity index (χ1) is 11.9. The number of amides is 1. The molecule has 5 nitrogen and oxygen atoms in total. The van der Waals surface area contributed by atoms with Crippen molar-refractivity contribution in [2.75, 3.05) is 7.05 Å². The zero-order valence-electron chi connectivity index (χ0n) is 14.7. The molecule has 0 atom stereocenters. The first kappa shape index (κ1) is 17.4. The fourth-order valence-corrected chi connectivity index (χ4v) is 2.85. The van der Waals surface area contributed by atoms with Crippen molar-refractivity contribution in [1.29, 1.82) is 0 Å². The van der Waals surface area contributed by atoms with E-state index in [2.05, 4.69) is 10.1 Å². The van der Waals surface area contributed by atoms with Gasteiger partial charge >= 0.3 is 0 Å². The summed E-state index contributed by atoms with van der Waals surface area (Å²) < 4.78 is 5.30. The van der Waals surface area contributed by atoms with E-state index in [4.69, 9.17) is 16.1 Å². The lowest BCUT2D eigenvalue weighted by atomic mass is 10.0. The molecule has 0 aliphatic carbocycles. The Morgan fingerprint density at radius 3 is 2.60 bits per heavy atom. The zero-order chi connectivity index (χ0) is 18.1. The van der Waals surface area contributed by atoms with E-state index in [1.54, 1.807) is 11.9 Å². The van der Waals surface area contributed by atoms with Crippen LogP contribution in [0.1, 0.15) is 47.1 Å². The number of hydrogen-bond donors (Lipinski definition) is 0. The first-order valence-corrected chi connectivity index (χ1v) is 8.51. The van der Waals surface area contributed by atoms with Crippen molar-refractivity contribution in [3.05, 3.63) is 57.9 Å². The predicted octanol–water partition coefficient (Wildman–Crippen LogP) is 4.58. The molecule has 2 heterocycles. The van der Waals surface area contributed by atoms with Gasteiger partial charge in [0, 0.05) is 24.3 Å². The van der Waals surface area contributed by atoms with Crippen LogP contribution in [0.15, 0.2) is 34.9 Å². The molecular formula is C19H20ClN3O2. The van der Waals surface area contributed by atoms with Crippen LogP contribution in [0.4, 0.5) is 0 Å². The third-order valence-corrected chi connectivity index (χ3v) is 4.39. The maximum Gasteiger partial charge on any atom is 0.259 e. The van der Waals surface area contributed by atoms with E-state index in [-0.39, 0.29) is 11.8 Å². The van der Waals surface area contributed by atoms with Gasteiger partial charge in [-0.2, -0.15) is 0 Å². The number of nitrogens with zero attached hydrogens (tertiary/aromatic N) is 3. The van der Waals surface area contributed by atoms with Gasteiger partial charge in [-0.1, -0.05) is 42.7 Å². The predicted molar refractivity (Wildman–Crippen MR) is 97.9 cm³/mol. The largest absolute Gasteiger partial charge is 0.337 e. The summed E-state index contributed by atoms with van der Waals surface area (Å²) in [6.45, 7) is 6.37. The number of aromatic nitrogens is 2. The number of hydrogen-bond acceptors (Lipinski definition) is 4. The Morgan fingerprint density at radius 1 is 1.28 bits per heavy atom. The van der Waals surface area contributed by atoms with Crippen LogP contribution in [-0.4, -0.2) is 28.0 Å². The van der Waals surface area contributed by atoms with Crippen molar-refractivity contribution < 1.29 is 9.32 Å². The molecule has 1 aromatic carbocycles. The minimum Gasteiger partial charge on any atom is -0.337 e. The van der Waals surface area contributed by atoms with Gasteiger partial charge in [0.05, 0.1) is 16.6 Å². The summed E-state index contributed by atoms with van der Waals surface area (Å²) in [4.78, 5) is 19.2. The van der Waals surface area contributed by atoms with Crippen LogP contribution in [0, 0.1) is 6.92 Å². The Labute approximate surface area is 151 Å². The summed E-state index contributed by atoms with van der Waals surface area (Å²) in [5, 5.41) is 5.32. The van der Waals surface area contributed by atoms with Gasteiger partial charge < -0.3 is 9.42 Å². The van der Waals surface area contributed by atoms with E-state index in [9.17, 15) is 4.79 Å². The van der Waals surface area contributed by atoms with Crippen molar-refractivity contribution in [1.82, 2.24) is 15.0 Å². The highest BCUT2D eigenvalue weighted by Gasteiger charge is 2.22. The minimum atomic E-state index is -0.0875. The Hall–Kier alpha value is -2.40. The average Bonchev–Trinajstić information content (AvgIpc) is 2.96. The monoisotopic (exact) mass is 357 g/mol. The number of aryl methyl sites for hydroxylation is 1. The SMILES string of the molecule is Cc1noc2nc(C(C)C)cc(C(=O)N(C)Cc3ccc(Cl)cc3)c12. The van der Waals surface area contributed by atoms with Gasteiger partial charge in [-0.3, -0.25) is 4.79 Å². The molecule has 0 fully saturated rings. The van der Waals surface area contributed by atoms with Crippen molar-refractivity contribution in [3.63, 3.8) is 0 Å². The van der Waals surface area contributed by atoms with Crippen LogP contribution in [0.25, 0.3) is 11.1 Å². The molecule has 0 saturated heterocycles. The van der Waals surface area contributed by atoms with Crippen molar-refractivity contribution >= 4 is 28.6 Å². The third-order valence-electron chi connectivity index (χ3n) is 4.14. The van der Waals surface area contributed by atoms with Gasteiger partial charge in [0.15, 0.2) is 0 Å². The van der Waals surface area contributed by atoms with Gasteiger partial charge in [-0.15, -0.1) is 0 Å². The molecule has 0 saturated carbocycles. The number of pyridine rings is 1. The van der Waals surface area contributed by atoms with Crippen LogP contribution in [0.3, 0.4) is 0 Å². The number of halogens is 1. The number of carbonyl (C=O) groups is 1. The van der Waals surface area contributed by atoms with Crippen LogP contribution < -0.4 is 0 Å². The van der Waals surface area contributed by atoms with E-state index >= 15 is 0 Å². The fraction of sp³-hybridized carbons (Fsp3) is 0.316. The highest BCUT2D eigenvalue weighted by Crippen LogP contribution is 2.26. The summed E-state index contributed by atoms with van der Waals surface area (Å²) in [6, 6.07) is 9.32. The molecule has 0 N–H and O–H groups in total. The number of carbonyl (C=O) groups excluding carboxylic acids is 1. The molecule has 0 radical (unpaired) electrons. The summed E-state index contributed by atoms with van der Waals surface area (Å²) in [5.41, 5.74) is 3.47. The van der Waals surface area contributed by atoms with E-state index in [0.717, 1.165) is 11.3 Å². The van der Waals surface area contributed by atoms with Gasteiger partial charge in [-0.05, 0) is 36.6 Å². The molecule has 0 bridgehead atoms. The molecule has 3 aromatic rings. The Morgan fingerprint density at radius 2 is 1.96 bits per heavy atom. The van der Waals surface area contributed by atoms with Crippen molar-refractivity contribution in [2.24, 2.45) is 0 Å². The van der Waals surface area contributed by atoms with Gasteiger partial charge in [0.1, 0.15) is 0 Å². The van der Waals surface area contributed by atoms with E-state index in [1.807, 2.05) is 51.1 Å². The Kier molecular flexibility index (Phi) is 4.77. The summed E-state index contributed by atoms with van der Waals surface area (Å²) in [7, 11) is 1.78. The van der Waals surface area contributed by atoms with Crippen LogP contribution in [0.2, 0.25) is 5.02 Å². The fourth-order valence-electron chi connectivity index (χ4n) is 2.72. The molecule has 0 aliphatic rings. The van der Waals surface area contributed by atoms with E-state index < -0.39 is 0 Å². The average molecular weight is 358 g/mol. The number of benzene rings is 1. The third kappa shape index (κ3) is 3.51. The second-order valence-corrected chi connectivity index (χ2v) is 6.92. The molecule has 0 aliphatic heterocycles. The molecule has 3 rings (SSSR count). The van der Waals surface area contributed by atoms with E-state index in [1.165, 1.54) is 0 Å². The molecule has 2 aromatic heterocycles. The normalized spacial score (nSPS) is 11.3. The highest BCUT2D eigenvalue weighted by atomic mass is 35.5. The topological polar surface area (TPSA) is 59.2 Å². The van der Waals surface area contributed by atoms with E-state index in [0.29, 0.717) is 33.9 Å². The second-order valence-electron chi connectivity index (χ2n) is 6.49. The molecule has 130 valence electrons. The lowest BCUT2D eigenvalue weighted by Gasteiger charge is -2.18. The van der Waals surface area contributed by atoms with Crippen LogP contribution in [0.5, 0.6) is 0 Å². The lowest BCUT2D eigenvalue weighted by molar-refractivity contribution is 0.0786. The summed E-state index contributed by atoms with van der Waals surface area (Å²) >= 11 is 5.92. The molecule has 6 heteroatoms. The molecule has 0 spiro atoms. The Bertz CT molecular complexity index is 916. The number of rotatable bonds is 4. The van der Waals surface area contributed by atoms with Crippen molar-refractivity contribution in [3.8, 4) is 0 Å².